The number of hydrogen-bond acceptors (Lipinski definition) is 3. The summed E-state index contributed by atoms with van der Waals surface area (Å²) in [6, 6.07) is 3.29. The van der Waals surface area contributed by atoms with Crippen molar-refractivity contribution in [3.63, 3.8) is 0 Å². The third-order valence-electron chi connectivity index (χ3n) is 1.78. The smallest absolute Gasteiger partial charge is 0.247 e. The fraction of sp³-hybridized carbons (Fsp3) is 0.444. The van der Waals surface area contributed by atoms with Crippen LogP contribution in [0.3, 0.4) is 0 Å². The Balaban J connectivity index is 2.54. The number of H-pyrrole nitrogens is 1. The van der Waals surface area contributed by atoms with Crippen LogP contribution in [0.25, 0.3) is 0 Å². The summed E-state index contributed by atoms with van der Waals surface area (Å²) in [5.41, 5.74) is 0.948. The molecule has 0 aliphatic heterocycles. The van der Waals surface area contributed by atoms with Gasteiger partial charge in [0.25, 0.3) is 0 Å². The van der Waals surface area contributed by atoms with E-state index in [0.717, 1.165) is 12.1 Å². The standard InChI is InChI=1S/C9H14N2O2/c1-11(4-5-12)7-8-2-3-9(13)10-6-8/h2-3,6,12H,4-5,7H2,1H3,(H,10,13). The first-order valence-electron chi connectivity index (χ1n) is 4.19. The van der Waals surface area contributed by atoms with E-state index in [-0.39, 0.29) is 12.2 Å². The number of rotatable bonds is 4. The number of nitrogens with one attached hydrogen (secondary N) is 1. The molecule has 0 aliphatic carbocycles. The van der Waals surface area contributed by atoms with E-state index < -0.39 is 0 Å². The molecule has 4 nitrogen and oxygen atoms in total. The quantitative estimate of drug-likeness (QED) is 0.678. The van der Waals surface area contributed by atoms with Crippen molar-refractivity contribution in [2.45, 2.75) is 6.54 Å². The molecule has 0 saturated heterocycles. The Kier molecular flexibility index (Phi) is 3.67. The Labute approximate surface area is 76.8 Å². The van der Waals surface area contributed by atoms with Gasteiger partial charge in [0.2, 0.25) is 5.56 Å². The van der Waals surface area contributed by atoms with Gasteiger partial charge in [0.15, 0.2) is 0 Å². The molecule has 0 unspecified atom stereocenters. The van der Waals surface area contributed by atoms with Crippen LogP contribution in [0.15, 0.2) is 23.1 Å². The Hall–Kier alpha value is -1.13. The molecule has 0 radical (unpaired) electrons. The predicted molar refractivity (Wildman–Crippen MR) is 50.5 cm³/mol. The number of aromatic nitrogens is 1. The summed E-state index contributed by atoms with van der Waals surface area (Å²) in [5.74, 6) is 0. The Morgan fingerprint density at radius 2 is 2.31 bits per heavy atom. The summed E-state index contributed by atoms with van der Waals surface area (Å²) >= 11 is 0. The summed E-state index contributed by atoms with van der Waals surface area (Å²) in [7, 11) is 1.92. The molecule has 0 saturated carbocycles. The third-order valence-corrected chi connectivity index (χ3v) is 1.78. The van der Waals surface area contributed by atoms with E-state index in [1.807, 2.05) is 11.9 Å². The molecule has 0 spiro atoms. The third kappa shape index (κ3) is 3.40. The van der Waals surface area contributed by atoms with Gasteiger partial charge < -0.3 is 10.1 Å². The molecule has 0 amide bonds. The van der Waals surface area contributed by atoms with Crippen LogP contribution in [0.2, 0.25) is 0 Å². The number of nitrogens with zero attached hydrogens (tertiary/aromatic N) is 1. The zero-order valence-corrected chi connectivity index (χ0v) is 7.66. The van der Waals surface area contributed by atoms with Gasteiger partial charge in [-0.1, -0.05) is 6.07 Å². The second kappa shape index (κ2) is 4.79. The highest BCUT2D eigenvalue weighted by Crippen LogP contribution is 1.97. The van der Waals surface area contributed by atoms with Crippen molar-refractivity contribution in [1.29, 1.82) is 0 Å². The molecule has 2 N–H and O–H groups in total. The number of pyridine rings is 1. The van der Waals surface area contributed by atoms with Gasteiger partial charge in [0, 0.05) is 25.4 Å². The first-order valence-corrected chi connectivity index (χ1v) is 4.19. The molecule has 0 fully saturated rings. The highest BCUT2D eigenvalue weighted by atomic mass is 16.3. The van der Waals surface area contributed by atoms with Crippen LogP contribution in [0.1, 0.15) is 5.56 Å². The van der Waals surface area contributed by atoms with E-state index in [9.17, 15) is 4.79 Å². The molecule has 1 aromatic heterocycles. The SMILES string of the molecule is CN(CCO)Cc1ccc(=O)[nH]c1. The van der Waals surface area contributed by atoms with Gasteiger partial charge in [-0.25, -0.2) is 0 Å². The fourth-order valence-corrected chi connectivity index (χ4v) is 1.10. The molecule has 4 heteroatoms. The Morgan fingerprint density at radius 1 is 1.54 bits per heavy atom. The maximum absolute atomic E-state index is 10.7. The van der Waals surface area contributed by atoms with Gasteiger partial charge in [-0.05, 0) is 12.6 Å². The Bertz CT molecular complexity index is 288. The van der Waals surface area contributed by atoms with E-state index >= 15 is 0 Å². The average Bonchev–Trinajstić information content (AvgIpc) is 2.09. The molecule has 0 aliphatic rings. The topological polar surface area (TPSA) is 56.3 Å². The van der Waals surface area contributed by atoms with Crippen molar-refractivity contribution in [3.8, 4) is 0 Å². The molecule has 72 valence electrons. The van der Waals surface area contributed by atoms with Crippen molar-refractivity contribution in [1.82, 2.24) is 9.88 Å². The van der Waals surface area contributed by atoms with Crippen LogP contribution in [0.5, 0.6) is 0 Å². The number of aromatic amines is 1. The summed E-state index contributed by atoms with van der Waals surface area (Å²) in [6.45, 7) is 1.52. The van der Waals surface area contributed by atoms with Crippen LogP contribution in [-0.2, 0) is 6.54 Å². The lowest BCUT2D eigenvalue weighted by molar-refractivity contribution is 0.217. The minimum absolute atomic E-state index is 0.0893. The molecule has 0 aromatic carbocycles. The van der Waals surface area contributed by atoms with E-state index in [4.69, 9.17) is 5.11 Å². The molecular weight excluding hydrogens is 168 g/mol. The van der Waals surface area contributed by atoms with Gasteiger partial charge in [0.1, 0.15) is 0 Å². The van der Waals surface area contributed by atoms with Crippen LogP contribution in [0, 0.1) is 0 Å². The van der Waals surface area contributed by atoms with E-state index in [1.54, 1.807) is 12.3 Å². The molecule has 1 aromatic rings. The van der Waals surface area contributed by atoms with Crippen LogP contribution >= 0.6 is 0 Å². The first kappa shape index (κ1) is 9.95. The molecule has 13 heavy (non-hydrogen) atoms. The number of hydrogen-bond donors (Lipinski definition) is 2. The first-order chi connectivity index (χ1) is 6.22. The maximum Gasteiger partial charge on any atom is 0.247 e. The van der Waals surface area contributed by atoms with Gasteiger partial charge in [0.05, 0.1) is 6.61 Å². The van der Waals surface area contributed by atoms with Crippen molar-refractivity contribution in [3.05, 3.63) is 34.2 Å². The lowest BCUT2D eigenvalue weighted by atomic mass is 10.3. The molecule has 0 atom stereocenters. The zero-order chi connectivity index (χ0) is 9.68. The summed E-state index contributed by atoms with van der Waals surface area (Å²) in [6.07, 6.45) is 1.69. The average molecular weight is 182 g/mol. The monoisotopic (exact) mass is 182 g/mol. The summed E-state index contributed by atoms with van der Waals surface area (Å²) < 4.78 is 0. The predicted octanol–water partition coefficient (Wildman–Crippen LogP) is -0.201. The summed E-state index contributed by atoms with van der Waals surface area (Å²) in [4.78, 5) is 15.3. The highest BCUT2D eigenvalue weighted by molar-refractivity contribution is 5.08. The minimum atomic E-state index is -0.0893. The van der Waals surface area contributed by atoms with E-state index in [0.29, 0.717) is 6.54 Å². The maximum atomic E-state index is 10.7. The molecular formula is C9H14N2O2. The van der Waals surface area contributed by atoms with E-state index in [1.165, 1.54) is 6.07 Å². The Morgan fingerprint density at radius 3 is 2.85 bits per heavy atom. The van der Waals surface area contributed by atoms with Crippen molar-refractivity contribution < 1.29 is 5.11 Å². The summed E-state index contributed by atoms with van der Waals surface area (Å²) in [5, 5.41) is 8.66. The molecule has 1 rings (SSSR count). The van der Waals surface area contributed by atoms with Crippen molar-refractivity contribution in [2.75, 3.05) is 20.2 Å². The van der Waals surface area contributed by atoms with Gasteiger partial charge >= 0.3 is 0 Å². The zero-order valence-electron chi connectivity index (χ0n) is 7.66. The van der Waals surface area contributed by atoms with Crippen LogP contribution in [0.4, 0.5) is 0 Å². The van der Waals surface area contributed by atoms with Crippen molar-refractivity contribution in [2.24, 2.45) is 0 Å². The van der Waals surface area contributed by atoms with Gasteiger partial charge in [-0.15, -0.1) is 0 Å². The fourth-order valence-electron chi connectivity index (χ4n) is 1.10. The number of likely N-dealkylation sites (N-methyl/N-ethyl adjacent to an activating group) is 1. The van der Waals surface area contributed by atoms with E-state index in [2.05, 4.69) is 4.98 Å². The molecule has 0 bridgehead atoms. The highest BCUT2D eigenvalue weighted by Gasteiger charge is 1.98. The largest absolute Gasteiger partial charge is 0.395 e. The normalized spacial score (nSPS) is 10.7. The van der Waals surface area contributed by atoms with Crippen molar-refractivity contribution >= 4 is 0 Å². The second-order valence-electron chi connectivity index (χ2n) is 3.02. The van der Waals surface area contributed by atoms with Gasteiger partial charge in [-0.3, -0.25) is 9.69 Å². The van der Waals surface area contributed by atoms with Gasteiger partial charge in [-0.2, -0.15) is 0 Å². The molecule has 1 heterocycles. The minimum Gasteiger partial charge on any atom is -0.395 e. The second-order valence-corrected chi connectivity index (χ2v) is 3.02. The number of aliphatic hydroxyl groups excluding tert-OH is 1. The van der Waals surface area contributed by atoms with Crippen LogP contribution in [-0.4, -0.2) is 35.2 Å². The lowest BCUT2D eigenvalue weighted by Gasteiger charge is -2.14. The number of aliphatic hydroxyl groups is 1. The lowest BCUT2D eigenvalue weighted by Crippen LogP contribution is -2.21. The van der Waals surface area contributed by atoms with Crippen LogP contribution < -0.4 is 5.56 Å².